The van der Waals surface area contributed by atoms with Gasteiger partial charge in [-0.2, -0.15) is 17.6 Å². The Morgan fingerprint density at radius 1 is 1.26 bits per heavy atom. The molecule has 1 unspecified atom stereocenters. The Morgan fingerprint density at radius 3 is 2.22 bits per heavy atom. The number of amides is 1. The number of carbonyl (C=O) groups excluding carboxylic acids is 1. The normalized spacial score (nSPS) is 14.0. The zero-order chi connectivity index (χ0) is 18.0. The van der Waals surface area contributed by atoms with Crippen molar-refractivity contribution in [2.75, 3.05) is 12.4 Å². The van der Waals surface area contributed by atoms with Crippen molar-refractivity contribution in [2.45, 2.75) is 12.0 Å². The summed E-state index contributed by atoms with van der Waals surface area (Å²) >= 11 is 0. The van der Waals surface area contributed by atoms with Gasteiger partial charge in [-0.05, 0) is 6.07 Å². The standard InChI is InChI=1S/C11H8F4N2O6/c1-23-10(12,11(13,14)15)9(20)16-6-2-5(8(18)19)3-7(4-6)17(21)22/h2-4H,1H3,(H,16,20)(H,18,19). The molecule has 0 aliphatic rings. The van der Waals surface area contributed by atoms with Gasteiger partial charge in [-0.25, -0.2) is 4.79 Å². The van der Waals surface area contributed by atoms with E-state index in [1.54, 1.807) is 0 Å². The lowest BCUT2D eigenvalue weighted by Crippen LogP contribution is -2.52. The summed E-state index contributed by atoms with van der Waals surface area (Å²) in [6.07, 6.45) is -5.72. The van der Waals surface area contributed by atoms with Gasteiger partial charge in [0.2, 0.25) is 0 Å². The van der Waals surface area contributed by atoms with Gasteiger partial charge in [0.15, 0.2) is 0 Å². The summed E-state index contributed by atoms with van der Waals surface area (Å²) in [5, 5.41) is 20.8. The molecular weight excluding hydrogens is 332 g/mol. The minimum absolute atomic E-state index is 0.295. The molecule has 0 radical (unpaired) electrons. The molecule has 0 spiro atoms. The van der Waals surface area contributed by atoms with Gasteiger partial charge in [0, 0.05) is 24.9 Å². The molecule has 0 heterocycles. The molecule has 1 amide bonds. The summed E-state index contributed by atoms with van der Waals surface area (Å²) in [7, 11) is 0.295. The number of non-ortho nitro benzene ring substituents is 1. The molecule has 23 heavy (non-hydrogen) atoms. The fourth-order valence-corrected chi connectivity index (χ4v) is 1.46. The van der Waals surface area contributed by atoms with E-state index in [0.29, 0.717) is 25.3 Å². The summed E-state index contributed by atoms with van der Waals surface area (Å²) in [6.45, 7) is 0. The third-order valence-electron chi connectivity index (χ3n) is 2.57. The third-order valence-corrected chi connectivity index (χ3v) is 2.57. The second kappa shape index (κ2) is 6.16. The lowest BCUT2D eigenvalue weighted by Gasteiger charge is -2.24. The topological polar surface area (TPSA) is 119 Å². The first kappa shape index (κ1) is 18.3. The SMILES string of the molecule is COC(F)(C(=O)Nc1cc(C(=O)O)cc([N+](=O)[O-])c1)C(F)(F)F. The Bertz CT molecular complexity index is 630. The Balaban J connectivity index is 3.25. The quantitative estimate of drug-likeness (QED) is 0.481. The number of ether oxygens (including phenoxy) is 1. The van der Waals surface area contributed by atoms with E-state index in [-0.39, 0.29) is 0 Å². The number of methoxy groups -OCH3 is 1. The Morgan fingerprint density at radius 2 is 1.83 bits per heavy atom. The van der Waals surface area contributed by atoms with Gasteiger partial charge in [0.1, 0.15) is 0 Å². The average molecular weight is 340 g/mol. The monoisotopic (exact) mass is 340 g/mol. The molecule has 0 aromatic heterocycles. The lowest BCUT2D eigenvalue weighted by molar-refractivity contribution is -0.384. The summed E-state index contributed by atoms with van der Waals surface area (Å²) < 4.78 is 54.7. The summed E-state index contributed by atoms with van der Waals surface area (Å²) in [5.41, 5.74) is -2.23. The number of nitrogens with zero attached hydrogens (tertiary/aromatic N) is 1. The maximum Gasteiger partial charge on any atom is 0.458 e. The van der Waals surface area contributed by atoms with Crippen LogP contribution in [-0.4, -0.2) is 41.0 Å². The maximum atomic E-state index is 13.6. The average Bonchev–Trinajstić information content (AvgIpc) is 2.44. The van der Waals surface area contributed by atoms with Crippen LogP contribution in [-0.2, 0) is 9.53 Å². The molecule has 1 rings (SSSR count). The number of carboxylic acids is 1. The van der Waals surface area contributed by atoms with Crippen LogP contribution in [0.25, 0.3) is 0 Å². The van der Waals surface area contributed by atoms with Crippen LogP contribution < -0.4 is 5.32 Å². The van der Waals surface area contributed by atoms with Crippen molar-refractivity contribution in [3.8, 4) is 0 Å². The van der Waals surface area contributed by atoms with Crippen LogP contribution in [0.15, 0.2) is 18.2 Å². The second-order valence-corrected chi connectivity index (χ2v) is 4.08. The molecule has 0 saturated carbocycles. The van der Waals surface area contributed by atoms with Crippen LogP contribution in [0, 0.1) is 10.1 Å². The van der Waals surface area contributed by atoms with E-state index in [1.165, 1.54) is 5.32 Å². The van der Waals surface area contributed by atoms with Crippen LogP contribution in [0.5, 0.6) is 0 Å². The Labute approximate surface area is 124 Å². The van der Waals surface area contributed by atoms with Gasteiger partial charge in [-0.3, -0.25) is 14.9 Å². The molecule has 0 aliphatic carbocycles. The molecule has 12 heteroatoms. The van der Waals surface area contributed by atoms with Crippen LogP contribution in [0.4, 0.5) is 28.9 Å². The molecule has 2 N–H and O–H groups in total. The molecule has 0 fully saturated rings. The first-order chi connectivity index (χ1) is 10.4. The molecule has 0 saturated heterocycles. The molecule has 1 aromatic carbocycles. The number of anilines is 1. The highest BCUT2D eigenvalue weighted by molar-refractivity contribution is 5.98. The van der Waals surface area contributed by atoms with Crippen molar-refractivity contribution in [3.05, 3.63) is 33.9 Å². The highest BCUT2D eigenvalue weighted by Gasteiger charge is 2.63. The van der Waals surface area contributed by atoms with Crippen LogP contribution in [0.2, 0.25) is 0 Å². The number of alkyl halides is 4. The van der Waals surface area contributed by atoms with E-state index in [1.807, 2.05) is 0 Å². The first-order valence-electron chi connectivity index (χ1n) is 5.57. The van der Waals surface area contributed by atoms with E-state index < -0.39 is 45.8 Å². The van der Waals surface area contributed by atoms with Crippen LogP contribution in [0.3, 0.4) is 0 Å². The summed E-state index contributed by atoms with van der Waals surface area (Å²) in [6, 6.07) is 1.80. The van der Waals surface area contributed by atoms with Crippen molar-refractivity contribution in [1.82, 2.24) is 0 Å². The molecule has 1 atom stereocenters. The highest BCUT2D eigenvalue weighted by atomic mass is 19.4. The minimum atomic E-state index is -5.72. The predicted molar refractivity (Wildman–Crippen MR) is 65.6 cm³/mol. The van der Waals surface area contributed by atoms with Gasteiger partial charge >= 0.3 is 18.0 Å². The molecule has 126 valence electrons. The zero-order valence-electron chi connectivity index (χ0n) is 11.2. The van der Waals surface area contributed by atoms with Gasteiger partial charge in [0.25, 0.3) is 11.6 Å². The Kier molecular flexibility index (Phi) is 4.90. The highest BCUT2D eigenvalue weighted by Crippen LogP contribution is 2.36. The van der Waals surface area contributed by atoms with E-state index in [0.717, 1.165) is 0 Å². The van der Waals surface area contributed by atoms with Crippen LogP contribution >= 0.6 is 0 Å². The molecule has 8 nitrogen and oxygen atoms in total. The number of aromatic carboxylic acids is 1. The second-order valence-electron chi connectivity index (χ2n) is 4.08. The Hall–Kier alpha value is -2.76. The van der Waals surface area contributed by atoms with Gasteiger partial charge < -0.3 is 15.2 Å². The largest absolute Gasteiger partial charge is 0.478 e. The number of hydrogen-bond donors (Lipinski definition) is 2. The maximum absolute atomic E-state index is 13.6. The molecular formula is C11H8F4N2O6. The number of carboxylic acid groups (broad SMARTS) is 1. The predicted octanol–water partition coefficient (Wildman–Crippen LogP) is 2.11. The number of nitro benzene ring substituents is 1. The number of carbonyl (C=O) groups is 2. The number of nitro groups is 1. The number of halogens is 4. The number of benzene rings is 1. The minimum Gasteiger partial charge on any atom is -0.478 e. The zero-order valence-corrected chi connectivity index (χ0v) is 11.2. The summed E-state index contributed by atoms with van der Waals surface area (Å²) in [4.78, 5) is 31.8. The fourth-order valence-electron chi connectivity index (χ4n) is 1.46. The van der Waals surface area contributed by atoms with E-state index >= 15 is 0 Å². The lowest BCUT2D eigenvalue weighted by atomic mass is 10.1. The van der Waals surface area contributed by atoms with Gasteiger partial charge in [-0.15, -0.1) is 0 Å². The van der Waals surface area contributed by atoms with Crippen molar-refractivity contribution in [1.29, 1.82) is 0 Å². The molecule has 1 aromatic rings. The van der Waals surface area contributed by atoms with E-state index in [9.17, 15) is 37.3 Å². The first-order valence-corrected chi connectivity index (χ1v) is 5.57. The van der Waals surface area contributed by atoms with Crippen molar-refractivity contribution < 1.29 is 41.9 Å². The number of hydrogen-bond acceptors (Lipinski definition) is 5. The molecule has 0 bridgehead atoms. The van der Waals surface area contributed by atoms with Crippen molar-refractivity contribution >= 4 is 23.3 Å². The fraction of sp³-hybridized carbons (Fsp3) is 0.273. The van der Waals surface area contributed by atoms with Gasteiger partial charge in [0.05, 0.1) is 10.5 Å². The van der Waals surface area contributed by atoms with E-state index in [2.05, 4.69) is 4.74 Å². The smallest absolute Gasteiger partial charge is 0.458 e. The van der Waals surface area contributed by atoms with E-state index in [4.69, 9.17) is 5.11 Å². The van der Waals surface area contributed by atoms with Crippen molar-refractivity contribution in [2.24, 2.45) is 0 Å². The molecule has 0 aliphatic heterocycles. The van der Waals surface area contributed by atoms with Crippen LogP contribution in [0.1, 0.15) is 10.4 Å². The van der Waals surface area contributed by atoms with Crippen molar-refractivity contribution in [3.63, 3.8) is 0 Å². The van der Waals surface area contributed by atoms with Gasteiger partial charge in [-0.1, -0.05) is 0 Å². The third kappa shape index (κ3) is 3.71. The number of rotatable bonds is 5. The number of nitrogens with one attached hydrogen (secondary N) is 1. The summed E-state index contributed by atoms with van der Waals surface area (Å²) in [5.74, 6) is -8.66.